The molecule has 4 N–H and O–H groups in total. The summed E-state index contributed by atoms with van der Waals surface area (Å²) in [5.74, 6) is 2.34. The number of nitrogens with one attached hydrogen (secondary N) is 4. The predicted octanol–water partition coefficient (Wildman–Crippen LogP) is 3.96. The molecule has 0 aliphatic carbocycles. The van der Waals surface area contributed by atoms with Crippen LogP contribution in [0.1, 0.15) is 24.1 Å². The summed E-state index contributed by atoms with van der Waals surface area (Å²) in [4.78, 5) is 38.7. The highest BCUT2D eigenvalue weighted by atomic mass is 16.5. The fraction of sp³-hybridized carbons (Fsp3) is 0.394. The minimum Gasteiger partial charge on any atom is -0.473 e. The third-order valence-electron chi connectivity index (χ3n) is 8.18. The second-order valence-corrected chi connectivity index (χ2v) is 12.2. The van der Waals surface area contributed by atoms with Crippen molar-refractivity contribution in [1.29, 1.82) is 0 Å². The summed E-state index contributed by atoms with van der Waals surface area (Å²) in [5.41, 5.74) is 5.23. The van der Waals surface area contributed by atoms with E-state index < -0.39 is 0 Å². The van der Waals surface area contributed by atoms with Crippen LogP contribution >= 0.6 is 0 Å². The summed E-state index contributed by atoms with van der Waals surface area (Å²) in [6, 6.07) is 9.64. The number of anilines is 4. The van der Waals surface area contributed by atoms with Crippen molar-refractivity contribution in [3.8, 4) is 17.1 Å². The van der Waals surface area contributed by atoms with E-state index in [0.29, 0.717) is 29.9 Å². The molecule has 4 aromatic heterocycles. The monoisotopic (exact) mass is 638 g/mol. The smallest absolute Gasteiger partial charge is 0.238 e. The summed E-state index contributed by atoms with van der Waals surface area (Å²) in [6.07, 6.45) is 7.01. The number of ether oxygens (including phenoxy) is 1. The number of para-hydroxylation sites is 1. The summed E-state index contributed by atoms with van der Waals surface area (Å²) < 4.78 is 7.95. The lowest BCUT2D eigenvalue weighted by Crippen LogP contribution is -2.33. The molecule has 0 unspecified atom stereocenters. The maximum atomic E-state index is 13.2. The SMILES string of the molecule is Cc1cnc(Nc2cc(C)n(C)n2)nc1-c1c[nH]c2c(NC(=O)CN3CC[C@H](Oc4cc(NCCCN(C)C)ncn4)C3)cccc12. The number of aryl methyl sites for hydroxylation is 3. The van der Waals surface area contributed by atoms with Crippen molar-refractivity contribution in [3.05, 3.63) is 60.3 Å². The summed E-state index contributed by atoms with van der Waals surface area (Å²) >= 11 is 0. The number of carbonyl (C=O) groups excluding carboxylic acids is 1. The standard InChI is InChI=1S/C33H42N12O2/c1-21-16-36-33(40-28-14-22(2)44(5)42-28)41-31(21)25-17-35-32-24(25)8-6-9-26(32)39-29(46)19-45-13-10-23(18-45)47-30-15-27(37-20-38-30)34-11-7-12-43(3)4/h6,8-9,14-17,20,23,35H,7,10-13,18-19H2,1-5H3,(H,39,46)(H,34,37,38)(H,36,40,41,42)/t23-/m0/s1. The molecule has 1 saturated heterocycles. The molecule has 246 valence electrons. The molecule has 47 heavy (non-hydrogen) atoms. The Hall–Kier alpha value is -5.08. The van der Waals surface area contributed by atoms with Gasteiger partial charge in [0.05, 0.1) is 23.4 Å². The number of carbonyl (C=O) groups is 1. The van der Waals surface area contributed by atoms with Crippen molar-refractivity contribution < 1.29 is 9.53 Å². The highest BCUT2D eigenvalue weighted by Crippen LogP contribution is 2.33. The lowest BCUT2D eigenvalue weighted by Gasteiger charge is -2.17. The van der Waals surface area contributed by atoms with Gasteiger partial charge >= 0.3 is 0 Å². The van der Waals surface area contributed by atoms with Crippen LogP contribution in [0, 0.1) is 13.8 Å². The van der Waals surface area contributed by atoms with Gasteiger partial charge in [-0.3, -0.25) is 14.4 Å². The molecular formula is C33H42N12O2. The summed E-state index contributed by atoms with van der Waals surface area (Å²) in [7, 11) is 6.01. The molecule has 1 fully saturated rings. The second kappa shape index (κ2) is 14.1. The third-order valence-corrected chi connectivity index (χ3v) is 8.18. The van der Waals surface area contributed by atoms with Crippen molar-refractivity contribution >= 4 is 40.1 Å². The van der Waals surface area contributed by atoms with E-state index in [4.69, 9.17) is 9.72 Å². The Morgan fingerprint density at radius 1 is 1.15 bits per heavy atom. The van der Waals surface area contributed by atoms with Gasteiger partial charge in [-0.25, -0.2) is 19.9 Å². The number of aromatic amines is 1. The molecule has 14 heteroatoms. The topological polar surface area (TPSA) is 154 Å². The first-order valence-corrected chi connectivity index (χ1v) is 15.8. The zero-order valence-electron chi connectivity index (χ0n) is 27.5. The van der Waals surface area contributed by atoms with E-state index in [9.17, 15) is 4.79 Å². The van der Waals surface area contributed by atoms with Crippen molar-refractivity contribution in [2.45, 2.75) is 32.8 Å². The first-order valence-electron chi connectivity index (χ1n) is 15.8. The van der Waals surface area contributed by atoms with Gasteiger partial charge in [0, 0.05) is 67.9 Å². The Kier molecular flexibility index (Phi) is 9.59. The molecule has 6 rings (SSSR count). The molecule has 0 spiro atoms. The number of rotatable bonds is 13. The van der Waals surface area contributed by atoms with E-state index in [1.807, 2.05) is 57.4 Å². The number of hydrogen-bond acceptors (Lipinski definition) is 11. The Bertz CT molecular complexity index is 1830. The van der Waals surface area contributed by atoms with Crippen LogP contribution in [-0.4, -0.2) is 103 Å². The molecule has 0 bridgehead atoms. The maximum absolute atomic E-state index is 13.2. The quantitative estimate of drug-likeness (QED) is 0.139. The van der Waals surface area contributed by atoms with Crippen LogP contribution in [0.3, 0.4) is 0 Å². The van der Waals surface area contributed by atoms with E-state index >= 15 is 0 Å². The van der Waals surface area contributed by atoms with Crippen LogP contribution in [0.5, 0.6) is 5.88 Å². The molecule has 5 heterocycles. The molecule has 1 aromatic carbocycles. The molecule has 14 nitrogen and oxygen atoms in total. The Balaban J connectivity index is 1.06. The molecule has 1 atom stereocenters. The largest absolute Gasteiger partial charge is 0.473 e. The van der Waals surface area contributed by atoms with E-state index in [1.165, 1.54) is 6.33 Å². The van der Waals surface area contributed by atoms with Gasteiger partial charge in [-0.05, 0) is 59.0 Å². The first kappa shape index (κ1) is 31.9. The zero-order valence-corrected chi connectivity index (χ0v) is 27.5. The van der Waals surface area contributed by atoms with Crippen LogP contribution in [0.15, 0.2) is 49.1 Å². The van der Waals surface area contributed by atoms with E-state index in [-0.39, 0.29) is 18.6 Å². The van der Waals surface area contributed by atoms with Crippen molar-refractivity contribution in [1.82, 2.24) is 44.5 Å². The number of likely N-dealkylation sites (tertiary alicyclic amines) is 1. The summed E-state index contributed by atoms with van der Waals surface area (Å²) in [6.45, 7) is 7.46. The van der Waals surface area contributed by atoms with Gasteiger partial charge in [-0.15, -0.1) is 0 Å². The zero-order chi connectivity index (χ0) is 32.9. The van der Waals surface area contributed by atoms with Crippen molar-refractivity contribution in [3.63, 3.8) is 0 Å². The van der Waals surface area contributed by atoms with Crippen LogP contribution in [0.4, 0.5) is 23.3 Å². The number of hydrogen-bond donors (Lipinski definition) is 4. The van der Waals surface area contributed by atoms with Crippen LogP contribution in [0.2, 0.25) is 0 Å². The highest BCUT2D eigenvalue weighted by Gasteiger charge is 2.26. The normalized spacial score (nSPS) is 15.0. The van der Waals surface area contributed by atoms with Gasteiger partial charge in [-0.2, -0.15) is 5.10 Å². The van der Waals surface area contributed by atoms with Gasteiger partial charge in [0.25, 0.3) is 0 Å². The van der Waals surface area contributed by atoms with E-state index in [2.05, 4.69) is 64.9 Å². The fourth-order valence-corrected chi connectivity index (χ4v) is 5.68. The van der Waals surface area contributed by atoms with Crippen LogP contribution in [0.25, 0.3) is 22.2 Å². The van der Waals surface area contributed by atoms with Gasteiger partial charge in [0.1, 0.15) is 18.2 Å². The third kappa shape index (κ3) is 7.84. The van der Waals surface area contributed by atoms with Crippen LogP contribution in [-0.2, 0) is 11.8 Å². The lowest BCUT2D eigenvalue weighted by molar-refractivity contribution is -0.117. The second-order valence-electron chi connectivity index (χ2n) is 12.2. The number of benzene rings is 1. The average molecular weight is 639 g/mol. The molecular weight excluding hydrogens is 596 g/mol. The van der Waals surface area contributed by atoms with Crippen LogP contribution < -0.4 is 20.7 Å². The molecule has 1 aliphatic rings. The summed E-state index contributed by atoms with van der Waals surface area (Å²) in [5, 5.41) is 15.0. The van der Waals surface area contributed by atoms with Gasteiger partial charge in [0.2, 0.25) is 17.7 Å². The van der Waals surface area contributed by atoms with Crippen molar-refractivity contribution in [2.24, 2.45) is 7.05 Å². The number of aromatic nitrogens is 7. The molecule has 0 radical (unpaired) electrons. The minimum atomic E-state index is -0.0871. The lowest BCUT2D eigenvalue weighted by atomic mass is 10.1. The molecule has 0 saturated carbocycles. The number of fused-ring (bicyclic) bond motifs is 1. The molecule has 1 aliphatic heterocycles. The first-order chi connectivity index (χ1) is 22.7. The van der Waals surface area contributed by atoms with Crippen molar-refractivity contribution in [2.75, 3.05) is 62.8 Å². The Morgan fingerprint density at radius 2 is 2.02 bits per heavy atom. The maximum Gasteiger partial charge on any atom is 0.238 e. The van der Waals surface area contributed by atoms with E-state index in [0.717, 1.165) is 71.7 Å². The van der Waals surface area contributed by atoms with Gasteiger partial charge < -0.3 is 30.6 Å². The Labute approximate surface area is 274 Å². The molecule has 1 amide bonds. The van der Waals surface area contributed by atoms with Gasteiger partial charge in [-0.1, -0.05) is 12.1 Å². The van der Waals surface area contributed by atoms with E-state index in [1.54, 1.807) is 10.9 Å². The predicted molar refractivity (Wildman–Crippen MR) is 183 cm³/mol. The highest BCUT2D eigenvalue weighted by molar-refractivity contribution is 6.06. The Morgan fingerprint density at radius 3 is 2.83 bits per heavy atom. The minimum absolute atomic E-state index is 0.0501. The number of H-pyrrole nitrogens is 1. The van der Waals surface area contributed by atoms with Gasteiger partial charge in [0.15, 0.2) is 5.82 Å². The number of amides is 1. The average Bonchev–Trinajstić information content (AvgIpc) is 3.75. The molecule has 5 aromatic rings. The fourth-order valence-electron chi connectivity index (χ4n) is 5.68. The number of nitrogens with zero attached hydrogens (tertiary/aromatic N) is 8.